The summed E-state index contributed by atoms with van der Waals surface area (Å²) in [6, 6.07) is 6.19. The van der Waals surface area contributed by atoms with Gasteiger partial charge in [0.05, 0.1) is 17.5 Å². The second-order valence-electron chi connectivity index (χ2n) is 4.85. The largest absolute Gasteiger partial charge is 0.383 e. The molecule has 0 saturated heterocycles. The minimum atomic E-state index is -1.29. The van der Waals surface area contributed by atoms with E-state index in [4.69, 9.17) is 0 Å². The topological polar surface area (TPSA) is 92.5 Å². The smallest absolute Gasteiger partial charge is 0.285 e. The molecule has 1 aromatic carbocycles. The first kappa shape index (κ1) is 16.1. The lowest BCUT2D eigenvalue weighted by Crippen LogP contribution is -2.38. The minimum absolute atomic E-state index is 0.124. The Bertz CT molecular complexity index is 701. The number of nitrogens with zero attached hydrogens (tertiary/aromatic N) is 1. The number of hydrogen-bond acceptors (Lipinski definition) is 5. The molecule has 2 rings (SSSR count). The van der Waals surface area contributed by atoms with Gasteiger partial charge in [0.25, 0.3) is 11.6 Å². The Hall–Kier alpha value is -2.32. The number of nitro groups is 1. The molecule has 1 unspecified atom stereocenters. The number of thiophene rings is 1. The molecule has 1 amide bonds. The zero-order valence-electron chi connectivity index (χ0n) is 11.6. The highest BCUT2D eigenvalue weighted by atomic mass is 32.1. The van der Waals surface area contributed by atoms with Gasteiger partial charge in [-0.2, -0.15) is 0 Å². The highest BCUT2D eigenvalue weighted by molar-refractivity contribution is 7.10. The van der Waals surface area contributed by atoms with Gasteiger partial charge >= 0.3 is 0 Å². The molecule has 0 fully saturated rings. The van der Waals surface area contributed by atoms with Gasteiger partial charge in [0.1, 0.15) is 17.0 Å². The molecule has 22 heavy (non-hydrogen) atoms. The Morgan fingerprint density at radius 3 is 2.82 bits per heavy atom. The highest BCUT2D eigenvalue weighted by Gasteiger charge is 2.27. The number of amides is 1. The first-order chi connectivity index (χ1) is 10.3. The first-order valence-corrected chi connectivity index (χ1v) is 7.18. The van der Waals surface area contributed by atoms with Crippen molar-refractivity contribution in [1.82, 2.24) is 5.32 Å². The van der Waals surface area contributed by atoms with Crippen LogP contribution in [0.3, 0.4) is 0 Å². The number of carbonyl (C=O) groups excluding carboxylic acids is 1. The lowest BCUT2D eigenvalue weighted by molar-refractivity contribution is -0.385. The zero-order valence-corrected chi connectivity index (χ0v) is 12.4. The molecule has 8 heteroatoms. The maximum atomic E-state index is 13.1. The molecule has 0 spiro atoms. The fraction of sp³-hybridized carbons (Fsp3) is 0.214. The second kappa shape index (κ2) is 6.20. The van der Waals surface area contributed by atoms with Crippen molar-refractivity contribution in [3.8, 4) is 0 Å². The van der Waals surface area contributed by atoms with Gasteiger partial charge in [-0.25, -0.2) is 4.39 Å². The third-order valence-electron chi connectivity index (χ3n) is 3.05. The van der Waals surface area contributed by atoms with Crippen LogP contribution in [0, 0.1) is 15.9 Å². The molecule has 0 radical (unpaired) electrons. The van der Waals surface area contributed by atoms with Gasteiger partial charge < -0.3 is 10.4 Å². The van der Waals surface area contributed by atoms with E-state index < -0.39 is 27.9 Å². The number of nitro benzene ring substituents is 1. The van der Waals surface area contributed by atoms with E-state index in [1.54, 1.807) is 17.5 Å². The van der Waals surface area contributed by atoms with Crippen molar-refractivity contribution in [2.24, 2.45) is 0 Å². The van der Waals surface area contributed by atoms with E-state index in [1.165, 1.54) is 18.3 Å². The third kappa shape index (κ3) is 3.46. The number of carbonyl (C=O) groups is 1. The Balaban J connectivity index is 2.15. The minimum Gasteiger partial charge on any atom is -0.383 e. The fourth-order valence-electron chi connectivity index (χ4n) is 1.87. The lowest BCUT2D eigenvalue weighted by atomic mass is 10.0. The van der Waals surface area contributed by atoms with E-state index >= 15 is 0 Å². The summed E-state index contributed by atoms with van der Waals surface area (Å²) in [5, 5.41) is 25.4. The number of nitrogens with one attached hydrogen (secondary N) is 1. The van der Waals surface area contributed by atoms with Gasteiger partial charge in [-0.05, 0) is 30.5 Å². The summed E-state index contributed by atoms with van der Waals surface area (Å²) >= 11 is 1.33. The van der Waals surface area contributed by atoms with Gasteiger partial charge in [-0.3, -0.25) is 14.9 Å². The Morgan fingerprint density at radius 1 is 1.50 bits per heavy atom. The third-order valence-corrected chi connectivity index (χ3v) is 4.17. The monoisotopic (exact) mass is 324 g/mol. The number of rotatable bonds is 5. The van der Waals surface area contributed by atoms with E-state index in [0.29, 0.717) is 10.9 Å². The molecule has 116 valence electrons. The van der Waals surface area contributed by atoms with E-state index in [2.05, 4.69) is 5.32 Å². The maximum absolute atomic E-state index is 13.1. The molecule has 2 N–H and O–H groups in total. The molecule has 0 aliphatic carbocycles. The summed E-state index contributed by atoms with van der Waals surface area (Å²) in [4.78, 5) is 22.8. The maximum Gasteiger partial charge on any atom is 0.285 e. The average Bonchev–Trinajstić information content (AvgIpc) is 2.99. The molecule has 2 aromatic rings. The summed E-state index contributed by atoms with van der Waals surface area (Å²) in [7, 11) is 0. The summed E-state index contributed by atoms with van der Waals surface area (Å²) in [5.74, 6) is -1.54. The number of halogens is 1. The molecule has 1 heterocycles. The van der Waals surface area contributed by atoms with E-state index in [0.717, 1.165) is 12.1 Å². The summed E-state index contributed by atoms with van der Waals surface area (Å²) < 4.78 is 13.1. The van der Waals surface area contributed by atoms with Gasteiger partial charge in [0.15, 0.2) is 0 Å². The van der Waals surface area contributed by atoms with Crippen LogP contribution in [0.2, 0.25) is 0 Å². The molecule has 0 saturated carbocycles. The molecular formula is C14H13FN2O4S. The molecule has 1 atom stereocenters. The van der Waals surface area contributed by atoms with Crippen LogP contribution in [-0.4, -0.2) is 22.5 Å². The Morgan fingerprint density at radius 2 is 2.23 bits per heavy atom. The summed E-state index contributed by atoms with van der Waals surface area (Å²) in [5.41, 5.74) is -2.17. The van der Waals surface area contributed by atoms with Crippen LogP contribution >= 0.6 is 11.3 Å². The van der Waals surface area contributed by atoms with Gasteiger partial charge in [0.2, 0.25) is 0 Å². The van der Waals surface area contributed by atoms with E-state index in [9.17, 15) is 24.4 Å². The summed E-state index contributed by atoms with van der Waals surface area (Å²) in [6.45, 7) is 1.40. The number of benzene rings is 1. The molecule has 0 aliphatic rings. The first-order valence-electron chi connectivity index (χ1n) is 6.30. The standard InChI is InChI=1S/C14H13FN2O4S/c1-14(19,12-3-2-6-22-12)8-16-13(18)10-5-4-9(15)7-11(10)17(20)21/h2-7,19H,8H2,1H3,(H,16,18). The van der Waals surface area contributed by atoms with Gasteiger partial charge in [0, 0.05) is 4.88 Å². The molecule has 1 aromatic heterocycles. The van der Waals surface area contributed by atoms with Crippen LogP contribution in [0.25, 0.3) is 0 Å². The summed E-state index contributed by atoms with van der Waals surface area (Å²) in [6.07, 6.45) is 0. The van der Waals surface area contributed by atoms with Crippen molar-refractivity contribution in [3.63, 3.8) is 0 Å². The van der Waals surface area contributed by atoms with Crippen LogP contribution in [0.5, 0.6) is 0 Å². The molecular weight excluding hydrogens is 311 g/mol. The van der Waals surface area contributed by atoms with Gasteiger partial charge in [-0.1, -0.05) is 6.07 Å². The Labute approximate surface area is 129 Å². The number of aliphatic hydroxyl groups is 1. The van der Waals surface area contributed by atoms with Crippen molar-refractivity contribution in [2.45, 2.75) is 12.5 Å². The van der Waals surface area contributed by atoms with Crippen LogP contribution < -0.4 is 5.32 Å². The fourth-order valence-corrected chi connectivity index (χ4v) is 2.65. The van der Waals surface area contributed by atoms with Crippen molar-refractivity contribution in [3.05, 3.63) is 62.1 Å². The number of hydrogen-bond donors (Lipinski definition) is 2. The predicted molar refractivity (Wildman–Crippen MR) is 79.3 cm³/mol. The quantitative estimate of drug-likeness (QED) is 0.652. The van der Waals surface area contributed by atoms with E-state index in [-0.39, 0.29) is 12.1 Å². The second-order valence-corrected chi connectivity index (χ2v) is 5.80. The predicted octanol–water partition coefficient (Wildman–Crippen LogP) is 2.43. The van der Waals surface area contributed by atoms with E-state index in [1.807, 2.05) is 0 Å². The highest BCUT2D eigenvalue weighted by Crippen LogP contribution is 2.25. The lowest BCUT2D eigenvalue weighted by Gasteiger charge is -2.22. The molecule has 6 nitrogen and oxygen atoms in total. The zero-order chi connectivity index (χ0) is 16.3. The van der Waals surface area contributed by atoms with Crippen molar-refractivity contribution < 1.29 is 19.2 Å². The molecule has 0 bridgehead atoms. The van der Waals surface area contributed by atoms with Crippen LogP contribution in [0.4, 0.5) is 10.1 Å². The molecule has 0 aliphatic heterocycles. The SMILES string of the molecule is CC(O)(CNC(=O)c1ccc(F)cc1[N+](=O)[O-])c1cccs1. The van der Waals surface area contributed by atoms with Crippen LogP contribution in [0.1, 0.15) is 22.2 Å². The van der Waals surface area contributed by atoms with Crippen molar-refractivity contribution >= 4 is 22.9 Å². The van der Waals surface area contributed by atoms with Gasteiger partial charge in [-0.15, -0.1) is 11.3 Å². The van der Waals surface area contributed by atoms with Crippen LogP contribution in [-0.2, 0) is 5.60 Å². The van der Waals surface area contributed by atoms with Crippen molar-refractivity contribution in [2.75, 3.05) is 6.54 Å². The Kier molecular flexibility index (Phi) is 4.53. The van der Waals surface area contributed by atoms with Crippen LogP contribution in [0.15, 0.2) is 35.7 Å². The van der Waals surface area contributed by atoms with Crippen molar-refractivity contribution in [1.29, 1.82) is 0 Å². The average molecular weight is 324 g/mol. The normalized spacial score (nSPS) is 13.4.